The van der Waals surface area contributed by atoms with E-state index in [1.807, 2.05) is 0 Å². The maximum atomic E-state index is 5.71. The molecule has 0 atom stereocenters. The summed E-state index contributed by atoms with van der Waals surface area (Å²) in [7, 11) is 4.26. The Morgan fingerprint density at radius 1 is 1.17 bits per heavy atom. The molecule has 1 N–H and O–H groups in total. The number of ether oxygens (including phenoxy) is 1. The lowest BCUT2D eigenvalue weighted by Crippen LogP contribution is -2.41. The van der Waals surface area contributed by atoms with Gasteiger partial charge in [-0.2, -0.15) is 0 Å². The van der Waals surface area contributed by atoms with E-state index >= 15 is 0 Å². The first-order valence-electron chi connectivity index (χ1n) is 8.93. The Labute approximate surface area is 160 Å². The van der Waals surface area contributed by atoms with Crippen LogP contribution in [0.1, 0.15) is 39.5 Å². The third kappa shape index (κ3) is 12.0. The predicted octanol–water partition coefficient (Wildman–Crippen LogP) is 2.66. The number of hydrogen-bond donors (Lipinski definition) is 1. The van der Waals surface area contributed by atoms with Gasteiger partial charge in [-0.3, -0.25) is 4.99 Å². The molecule has 0 bridgehead atoms. The number of guanidine groups is 1. The summed E-state index contributed by atoms with van der Waals surface area (Å²) in [6.45, 7) is 10.9. The second-order valence-electron chi connectivity index (χ2n) is 6.33. The zero-order valence-corrected chi connectivity index (χ0v) is 17.8. The van der Waals surface area contributed by atoms with E-state index in [0.29, 0.717) is 0 Å². The molecule has 0 saturated heterocycles. The van der Waals surface area contributed by atoms with E-state index in [2.05, 4.69) is 43.1 Å². The van der Waals surface area contributed by atoms with Crippen LogP contribution in [-0.2, 0) is 4.74 Å². The van der Waals surface area contributed by atoms with Crippen LogP contribution in [-0.4, -0.2) is 75.8 Å². The average molecular weight is 440 g/mol. The van der Waals surface area contributed by atoms with Crippen LogP contribution in [0.3, 0.4) is 0 Å². The van der Waals surface area contributed by atoms with Crippen molar-refractivity contribution in [1.29, 1.82) is 0 Å². The second kappa shape index (κ2) is 14.3. The number of unbranched alkanes of at least 4 members (excludes halogenated alkanes) is 1. The molecule has 0 spiro atoms. The third-order valence-corrected chi connectivity index (χ3v) is 3.95. The number of aliphatic imine (C=N–C) groups is 1. The van der Waals surface area contributed by atoms with Crippen molar-refractivity contribution in [3.8, 4) is 0 Å². The van der Waals surface area contributed by atoms with Crippen LogP contribution in [0.2, 0.25) is 0 Å². The Balaban J connectivity index is 0.00000484. The van der Waals surface area contributed by atoms with Gasteiger partial charge in [0.1, 0.15) is 0 Å². The minimum atomic E-state index is 0. The van der Waals surface area contributed by atoms with Crippen molar-refractivity contribution >= 4 is 29.9 Å². The molecule has 23 heavy (non-hydrogen) atoms. The topological polar surface area (TPSA) is 40.1 Å². The minimum Gasteiger partial charge on any atom is -0.379 e. The molecule has 0 aliphatic heterocycles. The average Bonchev–Trinajstić information content (AvgIpc) is 3.32. The molecule has 0 amide bonds. The van der Waals surface area contributed by atoms with Crippen molar-refractivity contribution in [2.24, 2.45) is 10.9 Å². The molecular formula is C17H37IN4O. The van der Waals surface area contributed by atoms with Crippen LogP contribution >= 0.6 is 24.0 Å². The van der Waals surface area contributed by atoms with Crippen LogP contribution in [0.4, 0.5) is 0 Å². The lowest BCUT2D eigenvalue weighted by molar-refractivity contribution is 0.115. The van der Waals surface area contributed by atoms with Crippen LogP contribution < -0.4 is 5.32 Å². The maximum absolute atomic E-state index is 5.71. The van der Waals surface area contributed by atoms with Crippen LogP contribution in [0.25, 0.3) is 0 Å². The van der Waals surface area contributed by atoms with Crippen molar-refractivity contribution in [1.82, 2.24) is 15.1 Å². The van der Waals surface area contributed by atoms with Crippen LogP contribution in [0.15, 0.2) is 4.99 Å². The van der Waals surface area contributed by atoms with Crippen molar-refractivity contribution in [3.05, 3.63) is 0 Å². The fraction of sp³-hybridized carbons (Fsp3) is 0.941. The Hall–Kier alpha value is -0.0800. The molecule has 5 nitrogen and oxygen atoms in total. The van der Waals surface area contributed by atoms with Gasteiger partial charge >= 0.3 is 0 Å². The van der Waals surface area contributed by atoms with Crippen molar-refractivity contribution in [2.45, 2.75) is 39.5 Å². The zero-order chi connectivity index (χ0) is 16.2. The van der Waals surface area contributed by atoms with Crippen molar-refractivity contribution in [2.75, 3.05) is 60.0 Å². The number of hydrogen-bond acceptors (Lipinski definition) is 3. The SMILES string of the molecule is CCCCN(C)CCN=C(NCC)N(C)CCOCC1CC1.I. The summed E-state index contributed by atoms with van der Waals surface area (Å²) < 4.78 is 5.71. The van der Waals surface area contributed by atoms with Gasteiger partial charge < -0.3 is 19.9 Å². The van der Waals surface area contributed by atoms with Gasteiger partial charge in [-0.05, 0) is 45.7 Å². The van der Waals surface area contributed by atoms with Gasteiger partial charge in [0.25, 0.3) is 0 Å². The summed E-state index contributed by atoms with van der Waals surface area (Å²) in [6.07, 6.45) is 5.22. The first-order chi connectivity index (χ1) is 10.7. The van der Waals surface area contributed by atoms with Gasteiger partial charge in [-0.25, -0.2) is 0 Å². The summed E-state index contributed by atoms with van der Waals surface area (Å²) in [5.41, 5.74) is 0. The van der Waals surface area contributed by atoms with Crippen LogP contribution in [0.5, 0.6) is 0 Å². The van der Waals surface area contributed by atoms with E-state index in [1.165, 1.54) is 25.7 Å². The molecule has 0 unspecified atom stereocenters. The largest absolute Gasteiger partial charge is 0.379 e. The zero-order valence-electron chi connectivity index (χ0n) is 15.5. The van der Waals surface area contributed by atoms with E-state index in [1.54, 1.807) is 0 Å². The van der Waals surface area contributed by atoms with Gasteiger partial charge in [0, 0.05) is 33.3 Å². The summed E-state index contributed by atoms with van der Waals surface area (Å²) in [5, 5.41) is 3.36. The van der Waals surface area contributed by atoms with E-state index < -0.39 is 0 Å². The molecule has 6 heteroatoms. The highest BCUT2D eigenvalue weighted by Crippen LogP contribution is 2.28. The molecule has 1 aliphatic rings. The molecule has 0 radical (unpaired) electrons. The molecule has 1 saturated carbocycles. The van der Waals surface area contributed by atoms with E-state index in [-0.39, 0.29) is 24.0 Å². The third-order valence-electron chi connectivity index (χ3n) is 3.95. The molecule has 1 fully saturated rings. The molecule has 138 valence electrons. The Kier molecular flexibility index (Phi) is 14.2. The highest BCUT2D eigenvalue weighted by atomic mass is 127. The first-order valence-corrected chi connectivity index (χ1v) is 8.93. The maximum Gasteiger partial charge on any atom is 0.193 e. The van der Waals surface area contributed by atoms with Gasteiger partial charge in [-0.15, -0.1) is 24.0 Å². The van der Waals surface area contributed by atoms with Gasteiger partial charge in [0.05, 0.1) is 13.2 Å². The summed E-state index contributed by atoms with van der Waals surface area (Å²) in [5.74, 6) is 1.83. The number of rotatable bonds is 12. The van der Waals surface area contributed by atoms with Gasteiger partial charge in [-0.1, -0.05) is 13.3 Å². The lowest BCUT2D eigenvalue weighted by atomic mass is 10.3. The Morgan fingerprint density at radius 2 is 1.91 bits per heavy atom. The van der Waals surface area contributed by atoms with Gasteiger partial charge in [0.2, 0.25) is 0 Å². The van der Waals surface area contributed by atoms with Crippen LogP contribution in [0, 0.1) is 5.92 Å². The lowest BCUT2D eigenvalue weighted by Gasteiger charge is -2.22. The fourth-order valence-corrected chi connectivity index (χ4v) is 2.18. The normalized spacial score (nSPS) is 14.7. The molecular weight excluding hydrogens is 403 g/mol. The summed E-state index contributed by atoms with van der Waals surface area (Å²) in [6, 6.07) is 0. The number of halogens is 1. The molecule has 0 aromatic rings. The monoisotopic (exact) mass is 440 g/mol. The smallest absolute Gasteiger partial charge is 0.193 e. The van der Waals surface area contributed by atoms with Gasteiger partial charge in [0.15, 0.2) is 5.96 Å². The van der Waals surface area contributed by atoms with E-state index in [0.717, 1.165) is 57.8 Å². The molecule has 0 heterocycles. The minimum absolute atomic E-state index is 0. The summed E-state index contributed by atoms with van der Waals surface area (Å²) >= 11 is 0. The van der Waals surface area contributed by atoms with E-state index in [9.17, 15) is 0 Å². The van der Waals surface area contributed by atoms with Crippen molar-refractivity contribution in [3.63, 3.8) is 0 Å². The highest BCUT2D eigenvalue weighted by molar-refractivity contribution is 14.0. The highest BCUT2D eigenvalue weighted by Gasteiger charge is 2.21. The second-order valence-corrected chi connectivity index (χ2v) is 6.33. The number of likely N-dealkylation sites (N-methyl/N-ethyl adjacent to an activating group) is 2. The number of nitrogens with one attached hydrogen (secondary N) is 1. The standard InChI is InChI=1S/C17H36N4O.HI/c1-5-7-11-20(3)12-10-19-17(18-6-2)21(4)13-14-22-15-16-8-9-16;/h16H,5-15H2,1-4H3,(H,18,19);1H. The fourth-order valence-electron chi connectivity index (χ4n) is 2.18. The molecule has 1 rings (SSSR count). The summed E-state index contributed by atoms with van der Waals surface area (Å²) in [4.78, 5) is 9.25. The predicted molar refractivity (Wildman–Crippen MR) is 110 cm³/mol. The number of nitrogens with zero attached hydrogens (tertiary/aromatic N) is 3. The Morgan fingerprint density at radius 3 is 2.52 bits per heavy atom. The molecule has 1 aliphatic carbocycles. The molecule has 0 aromatic carbocycles. The molecule has 0 aromatic heterocycles. The van der Waals surface area contributed by atoms with Crippen molar-refractivity contribution < 1.29 is 4.74 Å². The first kappa shape index (κ1) is 22.9. The van der Waals surface area contributed by atoms with E-state index in [4.69, 9.17) is 9.73 Å². The quantitative estimate of drug-likeness (QED) is 0.219. The Bertz CT molecular complexity index is 311.